The van der Waals surface area contributed by atoms with Gasteiger partial charge in [-0.15, -0.1) is 12.4 Å². The maximum Gasteiger partial charge on any atom is 0.253 e. The molecule has 0 aromatic heterocycles. The van der Waals surface area contributed by atoms with Crippen molar-refractivity contribution in [3.8, 4) is 5.75 Å². The zero-order valence-corrected chi connectivity index (χ0v) is 14.7. The van der Waals surface area contributed by atoms with Crippen LogP contribution in [0.1, 0.15) is 25.3 Å². The summed E-state index contributed by atoms with van der Waals surface area (Å²) >= 11 is 6.01. The molecular formula is C17H22Cl2N2O2. The number of benzene rings is 1. The van der Waals surface area contributed by atoms with E-state index >= 15 is 0 Å². The second-order valence-electron chi connectivity index (χ2n) is 6.13. The highest BCUT2D eigenvalue weighted by atomic mass is 35.5. The highest BCUT2D eigenvalue weighted by Crippen LogP contribution is 2.30. The van der Waals surface area contributed by atoms with Crippen LogP contribution >= 0.6 is 24.0 Å². The molecule has 1 amide bonds. The number of hydrogen-bond acceptors (Lipinski definition) is 3. The molecule has 6 heteroatoms. The van der Waals surface area contributed by atoms with Crippen molar-refractivity contribution in [2.75, 3.05) is 19.7 Å². The number of piperidine rings is 1. The highest BCUT2D eigenvalue weighted by molar-refractivity contribution is 6.30. The third-order valence-electron chi connectivity index (χ3n) is 4.53. The number of halogens is 2. The van der Waals surface area contributed by atoms with E-state index in [1.165, 1.54) is 0 Å². The topological polar surface area (TPSA) is 55.6 Å². The van der Waals surface area contributed by atoms with Gasteiger partial charge in [0.2, 0.25) is 0 Å². The van der Waals surface area contributed by atoms with Gasteiger partial charge < -0.3 is 15.4 Å². The number of carbonyl (C=O) groups is 1. The van der Waals surface area contributed by atoms with Crippen LogP contribution in [0.4, 0.5) is 0 Å². The number of hydrogen-bond donors (Lipinski definition) is 1. The lowest BCUT2D eigenvalue weighted by Gasteiger charge is -2.34. The largest absolute Gasteiger partial charge is 0.488 e. The lowest BCUT2D eigenvalue weighted by atomic mass is 9.90. The Morgan fingerprint density at radius 3 is 2.74 bits per heavy atom. The molecule has 1 unspecified atom stereocenters. The molecule has 0 bridgehead atoms. The molecule has 2 aliphatic heterocycles. The van der Waals surface area contributed by atoms with Gasteiger partial charge in [0.25, 0.3) is 5.91 Å². The summed E-state index contributed by atoms with van der Waals surface area (Å²) in [5.74, 6) is 1.35. The standard InChI is InChI=1S/C17H21ClN2O2.ClH/c1-11(19)12-4-6-20(7-5-12)17(21)14-8-13-9-15(18)2-3-16(13)22-10-14;/h2-3,8-9,11-12H,4-7,10,19H2,1H3;1H. The molecule has 3 rings (SSSR count). The summed E-state index contributed by atoms with van der Waals surface area (Å²) in [5.41, 5.74) is 7.51. The summed E-state index contributed by atoms with van der Waals surface area (Å²) < 4.78 is 5.67. The Morgan fingerprint density at radius 2 is 2.09 bits per heavy atom. The molecular weight excluding hydrogens is 335 g/mol. The summed E-state index contributed by atoms with van der Waals surface area (Å²) in [4.78, 5) is 14.5. The van der Waals surface area contributed by atoms with Gasteiger partial charge in [-0.2, -0.15) is 0 Å². The van der Waals surface area contributed by atoms with Gasteiger partial charge in [-0.05, 0) is 50.0 Å². The number of likely N-dealkylation sites (tertiary alicyclic amines) is 1. The van der Waals surface area contributed by atoms with E-state index in [-0.39, 0.29) is 24.4 Å². The number of amides is 1. The van der Waals surface area contributed by atoms with Crippen LogP contribution in [0.5, 0.6) is 5.75 Å². The van der Waals surface area contributed by atoms with Gasteiger partial charge in [0.1, 0.15) is 12.4 Å². The minimum Gasteiger partial charge on any atom is -0.488 e. The van der Waals surface area contributed by atoms with Gasteiger partial charge in [0.15, 0.2) is 0 Å². The number of rotatable bonds is 2. The molecule has 1 aromatic rings. The molecule has 4 nitrogen and oxygen atoms in total. The monoisotopic (exact) mass is 356 g/mol. The molecule has 1 atom stereocenters. The van der Waals surface area contributed by atoms with Crippen molar-refractivity contribution in [3.63, 3.8) is 0 Å². The maximum absolute atomic E-state index is 12.6. The van der Waals surface area contributed by atoms with E-state index < -0.39 is 0 Å². The normalized spacial score (nSPS) is 19.1. The average molecular weight is 357 g/mol. The molecule has 126 valence electrons. The van der Waals surface area contributed by atoms with Crippen molar-refractivity contribution in [2.24, 2.45) is 11.7 Å². The Bertz CT molecular complexity index is 609. The minimum absolute atomic E-state index is 0. The molecule has 2 N–H and O–H groups in total. The van der Waals surface area contributed by atoms with Crippen molar-refractivity contribution in [2.45, 2.75) is 25.8 Å². The Morgan fingerprint density at radius 1 is 1.39 bits per heavy atom. The van der Waals surface area contributed by atoms with Crippen LogP contribution < -0.4 is 10.5 Å². The Balaban J connectivity index is 0.00000192. The fraction of sp³-hybridized carbons (Fsp3) is 0.471. The first-order valence-corrected chi connectivity index (χ1v) is 8.10. The molecule has 0 aliphatic carbocycles. The van der Waals surface area contributed by atoms with Crippen molar-refractivity contribution >= 4 is 36.0 Å². The molecule has 2 heterocycles. The molecule has 0 saturated carbocycles. The molecule has 1 fully saturated rings. The highest BCUT2D eigenvalue weighted by Gasteiger charge is 2.27. The third-order valence-corrected chi connectivity index (χ3v) is 4.76. The van der Waals surface area contributed by atoms with E-state index in [9.17, 15) is 4.79 Å². The van der Waals surface area contributed by atoms with E-state index in [1.54, 1.807) is 6.07 Å². The van der Waals surface area contributed by atoms with Gasteiger partial charge >= 0.3 is 0 Å². The van der Waals surface area contributed by atoms with E-state index in [0.717, 1.165) is 37.2 Å². The third kappa shape index (κ3) is 4.00. The van der Waals surface area contributed by atoms with Crippen molar-refractivity contribution in [1.82, 2.24) is 4.90 Å². The quantitative estimate of drug-likeness (QED) is 0.885. The molecule has 1 saturated heterocycles. The van der Waals surface area contributed by atoms with Gasteiger partial charge in [-0.25, -0.2) is 0 Å². The predicted octanol–water partition coefficient (Wildman–Crippen LogP) is 3.12. The molecule has 23 heavy (non-hydrogen) atoms. The van der Waals surface area contributed by atoms with E-state index in [4.69, 9.17) is 22.1 Å². The molecule has 1 aromatic carbocycles. The SMILES string of the molecule is CC(N)C1CCN(C(=O)C2=Cc3cc(Cl)ccc3OC2)CC1.Cl. The lowest BCUT2D eigenvalue weighted by Crippen LogP contribution is -2.43. The van der Waals surface area contributed by atoms with Gasteiger partial charge in [-0.1, -0.05) is 11.6 Å². The van der Waals surface area contributed by atoms with Crippen LogP contribution in [0, 0.1) is 5.92 Å². The average Bonchev–Trinajstić information content (AvgIpc) is 2.53. The zero-order chi connectivity index (χ0) is 15.7. The van der Waals surface area contributed by atoms with Gasteiger partial charge in [0.05, 0.1) is 5.57 Å². The van der Waals surface area contributed by atoms with Gasteiger partial charge in [-0.3, -0.25) is 4.79 Å². The molecule has 2 aliphatic rings. The first-order chi connectivity index (χ1) is 10.5. The fourth-order valence-corrected chi connectivity index (χ4v) is 3.28. The summed E-state index contributed by atoms with van der Waals surface area (Å²) in [5, 5.41) is 0.644. The lowest BCUT2D eigenvalue weighted by molar-refractivity contribution is -0.128. The molecule has 0 spiro atoms. The summed E-state index contributed by atoms with van der Waals surface area (Å²) in [7, 11) is 0. The Labute approximate surface area is 148 Å². The number of fused-ring (bicyclic) bond motifs is 1. The van der Waals surface area contributed by atoms with Crippen molar-refractivity contribution in [1.29, 1.82) is 0 Å². The van der Waals surface area contributed by atoms with Crippen LogP contribution in [0.2, 0.25) is 5.02 Å². The van der Waals surface area contributed by atoms with Crippen LogP contribution in [0.25, 0.3) is 6.08 Å². The van der Waals surface area contributed by atoms with Crippen LogP contribution in [0.15, 0.2) is 23.8 Å². The maximum atomic E-state index is 12.6. The number of ether oxygens (including phenoxy) is 1. The van der Waals surface area contributed by atoms with E-state index in [0.29, 0.717) is 23.1 Å². The minimum atomic E-state index is 0. The predicted molar refractivity (Wildman–Crippen MR) is 95.1 cm³/mol. The zero-order valence-electron chi connectivity index (χ0n) is 13.1. The van der Waals surface area contributed by atoms with Crippen LogP contribution in [-0.4, -0.2) is 36.5 Å². The van der Waals surface area contributed by atoms with Crippen LogP contribution in [-0.2, 0) is 4.79 Å². The first kappa shape index (κ1) is 18.1. The Kier molecular flexibility index (Phi) is 5.95. The summed E-state index contributed by atoms with van der Waals surface area (Å²) in [6.45, 7) is 3.90. The smallest absolute Gasteiger partial charge is 0.253 e. The number of carbonyl (C=O) groups excluding carboxylic acids is 1. The first-order valence-electron chi connectivity index (χ1n) is 7.72. The molecule has 0 radical (unpaired) electrons. The second-order valence-corrected chi connectivity index (χ2v) is 6.57. The van der Waals surface area contributed by atoms with Crippen LogP contribution in [0.3, 0.4) is 0 Å². The van der Waals surface area contributed by atoms with E-state index in [2.05, 4.69) is 0 Å². The van der Waals surface area contributed by atoms with E-state index in [1.807, 2.05) is 30.0 Å². The number of nitrogens with zero attached hydrogens (tertiary/aromatic N) is 1. The van der Waals surface area contributed by atoms with Crippen molar-refractivity contribution in [3.05, 3.63) is 34.4 Å². The van der Waals surface area contributed by atoms with Gasteiger partial charge in [0, 0.05) is 29.7 Å². The number of nitrogens with two attached hydrogens (primary N) is 1. The van der Waals surface area contributed by atoms with Crippen molar-refractivity contribution < 1.29 is 9.53 Å². The second kappa shape index (κ2) is 7.56. The Hall–Kier alpha value is -1.23. The fourth-order valence-electron chi connectivity index (χ4n) is 3.10. The summed E-state index contributed by atoms with van der Waals surface area (Å²) in [6, 6.07) is 5.65. The summed E-state index contributed by atoms with van der Waals surface area (Å²) in [6.07, 6.45) is 3.84.